The van der Waals surface area contributed by atoms with Gasteiger partial charge in [0, 0.05) is 24.6 Å². The van der Waals surface area contributed by atoms with Gasteiger partial charge in [0.2, 0.25) is 10.0 Å². The summed E-state index contributed by atoms with van der Waals surface area (Å²) in [6, 6.07) is 3.64. The van der Waals surface area contributed by atoms with Crippen molar-refractivity contribution in [1.82, 2.24) is 10.0 Å². The molecule has 1 aromatic heterocycles. The number of rotatable bonds is 8. The molecular formula is C14H22N2O4S2. The Labute approximate surface area is 135 Å². The maximum absolute atomic E-state index is 12.0. The van der Waals surface area contributed by atoms with E-state index in [0.29, 0.717) is 24.4 Å². The number of ether oxygens (including phenoxy) is 1. The standard InChI is InChI=1S/C14H22N2O4S2/c1-22(18,19)16-9-7-12-4-5-13(21-12)14(17)15-8-6-11-3-2-10-20-11/h4-5,11,16H,2-3,6-10H2,1H3,(H,15,17)/t11-/m0/s1. The van der Waals surface area contributed by atoms with Crippen LogP contribution in [0.25, 0.3) is 0 Å². The van der Waals surface area contributed by atoms with E-state index in [1.165, 1.54) is 11.3 Å². The van der Waals surface area contributed by atoms with Crippen LogP contribution < -0.4 is 10.0 Å². The van der Waals surface area contributed by atoms with Crippen molar-refractivity contribution in [3.8, 4) is 0 Å². The molecule has 1 saturated heterocycles. The average molecular weight is 346 g/mol. The zero-order valence-electron chi connectivity index (χ0n) is 12.6. The summed E-state index contributed by atoms with van der Waals surface area (Å²) < 4.78 is 29.9. The smallest absolute Gasteiger partial charge is 0.261 e. The molecule has 0 unspecified atom stereocenters. The Morgan fingerprint density at radius 1 is 1.41 bits per heavy atom. The molecule has 0 aliphatic carbocycles. The number of carbonyl (C=O) groups excluding carboxylic acids is 1. The van der Waals surface area contributed by atoms with Crippen LogP contribution >= 0.6 is 11.3 Å². The number of hydrogen-bond donors (Lipinski definition) is 2. The van der Waals surface area contributed by atoms with Crippen LogP contribution in [0.15, 0.2) is 12.1 Å². The SMILES string of the molecule is CS(=O)(=O)NCCc1ccc(C(=O)NCC[C@@H]2CCCO2)s1. The van der Waals surface area contributed by atoms with E-state index < -0.39 is 10.0 Å². The highest BCUT2D eigenvalue weighted by Crippen LogP contribution is 2.17. The van der Waals surface area contributed by atoms with Crippen molar-refractivity contribution >= 4 is 27.3 Å². The maximum atomic E-state index is 12.0. The molecule has 0 spiro atoms. The lowest BCUT2D eigenvalue weighted by atomic mass is 10.2. The Balaban J connectivity index is 1.71. The van der Waals surface area contributed by atoms with Crippen molar-refractivity contribution in [2.45, 2.75) is 31.8 Å². The van der Waals surface area contributed by atoms with Gasteiger partial charge in [0.25, 0.3) is 5.91 Å². The highest BCUT2D eigenvalue weighted by molar-refractivity contribution is 7.88. The second-order valence-electron chi connectivity index (χ2n) is 5.36. The fourth-order valence-electron chi connectivity index (χ4n) is 2.30. The summed E-state index contributed by atoms with van der Waals surface area (Å²) in [4.78, 5) is 13.7. The highest BCUT2D eigenvalue weighted by atomic mass is 32.2. The highest BCUT2D eigenvalue weighted by Gasteiger charge is 2.16. The summed E-state index contributed by atoms with van der Waals surface area (Å²) in [5.74, 6) is -0.0784. The molecule has 2 rings (SSSR count). The lowest BCUT2D eigenvalue weighted by Gasteiger charge is -2.09. The first kappa shape index (κ1) is 17.4. The van der Waals surface area contributed by atoms with E-state index in [1.807, 2.05) is 6.07 Å². The largest absolute Gasteiger partial charge is 0.378 e. The van der Waals surface area contributed by atoms with Crippen molar-refractivity contribution in [2.75, 3.05) is 26.0 Å². The van der Waals surface area contributed by atoms with Gasteiger partial charge in [-0.25, -0.2) is 13.1 Å². The van der Waals surface area contributed by atoms with E-state index in [1.54, 1.807) is 6.07 Å². The summed E-state index contributed by atoms with van der Waals surface area (Å²) in [5.41, 5.74) is 0. The first-order valence-corrected chi connectivity index (χ1v) is 10.1. The number of sulfonamides is 1. The van der Waals surface area contributed by atoms with Crippen LogP contribution in [0.4, 0.5) is 0 Å². The van der Waals surface area contributed by atoms with Crippen molar-refractivity contribution in [1.29, 1.82) is 0 Å². The Morgan fingerprint density at radius 2 is 2.23 bits per heavy atom. The van der Waals surface area contributed by atoms with E-state index >= 15 is 0 Å². The summed E-state index contributed by atoms with van der Waals surface area (Å²) in [5, 5.41) is 2.90. The molecule has 124 valence electrons. The molecule has 0 aromatic carbocycles. The van der Waals surface area contributed by atoms with Crippen LogP contribution in [0.5, 0.6) is 0 Å². The molecule has 0 bridgehead atoms. The number of amides is 1. The monoisotopic (exact) mass is 346 g/mol. The topological polar surface area (TPSA) is 84.5 Å². The molecule has 22 heavy (non-hydrogen) atoms. The zero-order valence-corrected chi connectivity index (χ0v) is 14.3. The van der Waals surface area contributed by atoms with Gasteiger partial charge >= 0.3 is 0 Å². The fraction of sp³-hybridized carbons (Fsp3) is 0.643. The molecular weight excluding hydrogens is 324 g/mol. The van der Waals surface area contributed by atoms with E-state index in [-0.39, 0.29) is 12.0 Å². The molecule has 1 aliphatic heterocycles. The summed E-state index contributed by atoms with van der Waals surface area (Å²) in [6.45, 7) is 1.79. The normalized spacial score (nSPS) is 18.5. The van der Waals surface area contributed by atoms with Crippen molar-refractivity contribution in [3.05, 3.63) is 21.9 Å². The van der Waals surface area contributed by atoms with Crippen LogP contribution in [0.3, 0.4) is 0 Å². The van der Waals surface area contributed by atoms with Gasteiger partial charge in [-0.3, -0.25) is 4.79 Å². The third kappa shape index (κ3) is 6.04. The minimum Gasteiger partial charge on any atom is -0.378 e. The Hall–Kier alpha value is -0.960. The molecule has 0 radical (unpaired) electrons. The lowest BCUT2D eigenvalue weighted by molar-refractivity contribution is 0.0910. The summed E-state index contributed by atoms with van der Waals surface area (Å²) >= 11 is 1.40. The zero-order chi connectivity index (χ0) is 16.0. The first-order chi connectivity index (χ1) is 10.4. The minimum atomic E-state index is -3.16. The second kappa shape index (κ2) is 8.05. The van der Waals surface area contributed by atoms with Gasteiger partial charge in [-0.2, -0.15) is 0 Å². The van der Waals surface area contributed by atoms with Gasteiger partial charge in [-0.05, 0) is 37.8 Å². The van der Waals surface area contributed by atoms with Crippen LogP contribution in [0.2, 0.25) is 0 Å². The van der Waals surface area contributed by atoms with Gasteiger partial charge < -0.3 is 10.1 Å². The van der Waals surface area contributed by atoms with Gasteiger partial charge in [0.05, 0.1) is 17.2 Å². The fourth-order valence-corrected chi connectivity index (χ4v) is 3.70. The predicted octanol–water partition coefficient (Wildman–Crippen LogP) is 1.14. The molecule has 6 nitrogen and oxygen atoms in total. The van der Waals surface area contributed by atoms with Crippen molar-refractivity contribution in [3.63, 3.8) is 0 Å². The first-order valence-electron chi connectivity index (χ1n) is 7.37. The molecule has 1 aromatic rings. The average Bonchev–Trinajstić information content (AvgIpc) is 3.08. The van der Waals surface area contributed by atoms with Crippen LogP contribution in [-0.4, -0.2) is 46.4 Å². The number of hydrogen-bond acceptors (Lipinski definition) is 5. The van der Waals surface area contributed by atoms with Crippen molar-refractivity contribution in [2.24, 2.45) is 0 Å². The minimum absolute atomic E-state index is 0.0784. The molecule has 1 amide bonds. The van der Waals surface area contributed by atoms with E-state index in [4.69, 9.17) is 4.74 Å². The maximum Gasteiger partial charge on any atom is 0.261 e. The van der Waals surface area contributed by atoms with E-state index in [9.17, 15) is 13.2 Å². The number of carbonyl (C=O) groups is 1. The van der Waals surface area contributed by atoms with Crippen LogP contribution in [-0.2, 0) is 21.2 Å². The third-order valence-corrected chi connectivity index (χ3v) is 5.27. The number of thiophene rings is 1. The molecule has 1 atom stereocenters. The quantitative estimate of drug-likeness (QED) is 0.739. The predicted molar refractivity (Wildman–Crippen MR) is 86.8 cm³/mol. The third-order valence-electron chi connectivity index (χ3n) is 3.40. The molecule has 1 aliphatic rings. The van der Waals surface area contributed by atoms with Gasteiger partial charge in [0.1, 0.15) is 0 Å². The van der Waals surface area contributed by atoms with Gasteiger partial charge in [-0.1, -0.05) is 0 Å². The Morgan fingerprint density at radius 3 is 2.91 bits per heavy atom. The number of nitrogens with one attached hydrogen (secondary N) is 2. The van der Waals surface area contributed by atoms with Crippen molar-refractivity contribution < 1.29 is 17.9 Å². The summed E-state index contributed by atoms with van der Waals surface area (Å²) in [6.07, 6.45) is 5.03. The Kier molecular flexibility index (Phi) is 6.37. The second-order valence-corrected chi connectivity index (χ2v) is 8.36. The summed E-state index contributed by atoms with van der Waals surface area (Å²) in [7, 11) is -3.16. The van der Waals surface area contributed by atoms with Crippen LogP contribution in [0.1, 0.15) is 33.8 Å². The molecule has 2 N–H and O–H groups in total. The van der Waals surface area contributed by atoms with E-state index in [2.05, 4.69) is 10.0 Å². The van der Waals surface area contributed by atoms with Crippen LogP contribution in [0, 0.1) is 0 Å². The molecule has 2 heterocycles. The lowest BCUT2D eigenvalue weighted by Crippen LogP contribution is -2.26. The Bertz CT molecular complexity index is 592. The van der Waals surface area contributed by atoms with Gasteiger partial charge in [-0.15, -0.1) is 11.3 Å². The molecule has 8 heteroatoms. The van der Waals surface area contributed by atoms with E-state index in [0.717, 1.165) is 37.0 Å². The molecule has 1 fully saturated rings. The molecule has 0 saturated carbocycles. The van der Waals surface area contributed by atoms with Gasteiger partial charge in [0.15, 0.2) is 0 Å².